The highest BCUT2D eigenvalue weighted by atomic mass is 16.5. The lowest BCUT2D eigenvalue weighted by Crippen LogP contribution is -2.32. The number of benzene rings is 1. The van der Waals surface area contributed by atoms with Crippen LogP contribution in [0.1, 0.15) is 66.3 Å². The minimum atomic E-state index is -0.386. The molecule has 1 saturated carbocycles. The van der Waals surface area contributed by atoms with Gasteiger partial charge in [0.2, 0.25) is 5.89 Å². The van der Waals surface area contributed by atoms with Gasteiger partial charge in [-0.1, -0.05) is 19.0 Å². The first kappa shape index (κ1) is 22.8. The van der Waals surface area contributed by atoms with Crippen molar-refractivity contribution >= 4 is 16.9 Å². The zero-order chi connectivity index (χ0) is 24.5. The SMILES string of the molecule is COc1ccc(Cn2ncc3cc(C(=O)NC(c4nc(C5CC5)no4)C(C)C)cnc32)c(OC)c1. The molecule has 182 valence electrons. The minimum Gasteiger partial charge on any atom is -0.497 e. The number of hydrogen-bond donors (Lipinski definition) is 1. The molecular weight excluding hydrogens is 448 g/mol. The van der Waals surface area contributed by atoms with Crippen LogP contribution in [-0.4, -0.2) is 45.0 Å². The van der Waals surface area contributed by atoms with E-state index in [-0.39, 0.29) is 17.9 Å². The van der Waals surface area contributed by atoms with E-state index in [9.17, 15) is 4.79 Å². The number of hydrogen-bond acceptors (Lipinski definition) is 8. The zero-order valence-corrected chi connectivity index (χ0v) is 20.2. The molecule has 1 N–H and O–H groups in total. The van der Waals surface area contributed by atoms with Gasteiger partial charge in [0, 0.05) is 29.1 Å². The van der Waals surface area contributed by atoms with Crippen molar-refractivity contribution in [1.29, 1.82) is 0 Å². The van der Waals surface area contributed by atoms with E-state index in [1.54, 1.807) is 37.4 Å². The van der Waals surface area contributed by atoms with Gasteiger partial charge in [-0.3, -0.25) is 4.79 Å². The number of methoxy groups -OCH3 is 2. The molecule has 0 aliphatic heterocycles. The van der Waals surface area contributed by atoms with E-state index in [1.165, 1.54) is 0 Å². The van der Waals surface area contributed by atoms with Crippen LogP contribution >= 0.6 is 0 Å². The van der Waals surface area contributed by atoms with Crippen LogP contribution in [0, 0.1) is 5.92 Å². The number of nitrogens with zero attached hydrogens (tertiary/aromatic N) is 5. The third-order valence-corrected chi connectivity index (χ3v) is 6.17. The number of carbonyl (C=O) groups excluding carboxylic acids is 1. The molecule has 0 saturated heterocycles. The number of fused-ring (bicyclic) bond motifs is 1. The second-order valence-corrected chi connectivity index (χ2v) is 9.08. The fourth-order valence-electron chi connectivity index (χ4n) is 3.97. The quantitative estimate of drug-likeness (QED) is 0.387. The maximum atomic E-state index is 13.1. The van der Waals surface area contributed by atoms with Gasteiger partial charge >= 0.3 is 0 Å². The highest BCUT2D eigenvalue weighted by Gasteiger charge is 2.32. The number of rotatable bonds is 9. The van der Waals surface area contributed by atoms with Crippen LogP contribution in [0.4, 0.5) is 0 Å². The molecule has 0 bridgehead atoms. The minimum absolute atomic E-state index is 0.0744. The summed E-state index contributed by atoms with van der Waals surface area (Å²) in [4.78, 5) is 22.1. The Balaban J connectivity index is 1.34. The summed E-state index contributed by atoms with van der Waals surface area (Å²) in [5.74, 6) is 2.79. The lowest BCUT2D eigenvalue weighted by Gasteiger charge is -2.18. The molecule has 35 heavy (non-hydrogen) atoms. The number of aromatic nitrogens is 5. The second kappa shape index (κ2) is 9.36. The molecule has 1 aromatic carbocycles. The zero-order valence-electron chi connectivity index (χ0n) is 20.2. The summed E-state index contributed by atoms with van der Waals surface area (Å²) in [5, 5.41) is 12.4. The molecule has 5 rings (SSSR count). The molecule has 1 aliphatic rings. The van der Waals surface area contributed by atoms with Gasteiger partial charge < -0.3 is 19.3 Å². The fraction of sp³-hybridized carbons (Fsp3) is 0.400. The van der Waals surface area contributed by atoms with Crippen LogP contribution in [0.15, 0.2) is 41.2 Å². The predicted molar refractivity (Wildman–Crippen MR) is 127 cm³/mol. The molecule has 4 aromatic rings. The Hall–Kier alpha value is -3.95. The van der Waals surface area contributed by atoms with E-state index < -0.39 is 0 Å². The summed E-state index contributed by atoms with van der Waals surface area (Å²) in [6.45, 7) is 4.47. The fourth-order valence-corrected chi connectivity index (χ4v) is 3.97. The highest BCUT2D eigenvalue weighted by Crippen LogP contribution is 2.38. The van der Waals surface area contributed by atoms with Gasteiger partial charge in [0.25, 0.3) is 5.91 Å². The van der Waals surface area contributed by atoms with Gasteiger partial charge in [0.15, 0.2) is 11.5 Å². The van der Waals surface area contributed by atoms with E-state index in [0.29, 0.717) is 41.1 Å². The second-order valence-electron chi connectivity index (χ2n) is 9.08. The maximum Gasteiger partial charge on any atom is 0.253 e. The molecule has 0 spiro atoms. The Morgan fingerprint density at radius 3 is 2.74 bits per heavy atom. The number of carbonyl (C=O) groups is 1. The van der Waals surface area contributed by atoms with Crippen molar-refractivity contribution in [1.82, 2.24) is 30.2 Å². The average Bonchev–Trinajstić information content (AvgIpc) is 3.47. The summed E-state index contributed by atoms with van der Waals surface area (Å²) in [5.41, 5.74) is 2.05. The lowest BCUT2D eigenvalue weighted by molar-refractivity contribution is 0.0913. The van der Waals surface area contributed by atoms with E-state index in [0.717, 1.165) is 29.6 Å². The molecule has 1 unspecified atom stereocenters. The first-order valence-corrected chi connectivity index (χ1v) is 11.6. The summed E-state index contributed by atoms with van der Waals surface area (Å²) >= 11 is 0. The number of amides is 1. The summed E-state index contributed by atoms with van der Waals surface area (Å²) in [6, 6.07) is 7.04. The Kier molecular flexibility index (Phi) is 6.10. The Labute approximate surface area is 202 Å². The van der Waals surface area contributed by atoms with E-state index >= 15 is 0 Å². The number of nitrogens with one attached hydrogen (secondary N) is 1. The van der Waals surface area contributed by atoms with Gasteiger partial charge in [-0.2, -0.15) is 10.1 Å². The molecule has 0 radical (unpaired) electrons. The Morgan fingerprint density at radius 2 is 2.03 bits per heavy atom. The van der Waals surface area contributed by atoms with Crippen molar-refractivity contribution in [2.75, 3.05) is 14.2 Å². The Bertz CT molecular complexity index is 1360. The van der Waals surface area contributed by atoms with Gasteiger partial charge in [-0.15, -0.1) is 0 Å². The van der Waals surface area contributed by atoms with Crippen LogP contribution < -0.4 is 14.8 Å². The molecule has 10 heteroatoms. The third kappa shape index (κ3) is 4.68. The number of ether oxygens (including phenoxy) is 2. The van der Waals surface area contributed by atoms with Gasteiger partial charge in [-0.05, 0) is 37.0 Å². The van der Waals surface area contributed by atoms with Crippen LogP contribution in [0.25, 0.3) is 11.0 Å². The molecule has 3 aromatic heterocycles. The van der Waals surface area contributed by atoms with Crippen molar-refractivity contribution in [3.05, 3.63) is 59.5 Å². The summed E-state index contributed by atoms with van der Waals surface area (Å²) in [7, 11) is 3.23. The van der Waals surface area contributed by atoms with Crippen molar-refractivity contribution < 1.29 is 18.8 Å². The van der Waals surface area contributed by atoms with Crippen LogP contribution in [0.5, 0.6) is 11.5 Å². The first-order valence-electron chi connectivity index (χ1n) is 11.6. The van der Waals surface area contributed by atoms with Gasteiger partial charge in [0.1, 0.15) is 17.5 Å². The van der Waals surface area contributed by atoms with Crippen molar-refractivity contribution in [3.8, 4) is 11.5 Å². The van der Waals surface area contributed by atoms with Crippen LogP contribution in [0.3, 0.4) is 0 Å². The molecule has 1 fully saturated rings. The van der Waals surface area contributed by atoms with Crippen LogP contribution in [-0.2, 0) is 6.54 Å². The number of pyridine rings is 1. The average molecular weight is 477 g/mol. The van der Waals surface area contributed by atoms with Crippen molar-refractivity contribution in [2.24, 2.45) is 5.92 Å². The lowest BCUT2D eigenvalue weighted by atomic mass is 10.0. The highest BCUT2D eigenvalue weighted by molar-refractivity contribution is 5.97. The van der Waals surface area contributed by atoms with Crippen LogP contribution in [0.2, 0.25) is 0 Å². The van der Waals surface area contributed by atoms with Gasteiger partial charge in [-0.25, -0.2) is 9.67 Å². The molecule has 1 amide bonds. The summed E-state index contributed by atoms with van der Waals surface area (Å²) in [6.07, 6.45) is 5.43. The Morgan fingerprint density at radius 1 is 1.20 bits per heavy atom. The topological polar surface area (TPSA) is 117 Å². The molecular formula is C25H28N6O4. The predicted octanol–water partition coefficient (Wildman–Crippen LogP) is 3.88. The molecule has 1 atom stereocenters. The maximum absolute atomic E-state index is 13.1. The monoisotopic (exact) mass is 476 g/mol. The molecule has 10 nitrogen and oxygen atoms in total. The molecule has 3 heterocycles. The normalized spacial score (nSPS) is 14.3. The van der Waals surface area contributed by atoms with Crippen molar-refractivity contribution in [2.45, 2.75) is 45.2 Å². The van der Waals surface area contributed by atoms with Gasteiger partial charge in [0.05, 0.1) is 32.5 Å². The molecule has 1 aliphatic carbocycles. The first-order chi connectivity index (χ1) is 17.0. The van der Waals surface area contributed by atoms with E-state index in [2.05, 4.69) is 25.5 Å². The van der Waals surface area contributed by atoms with Crippen molar-refractivity contribution in [3.63, 3.8) is 0 Å². The standard InChI is InChI=1S/C25H28N6O4/c1-14(2)21(25-29-22(30-35-25)15-5-6-15)28-24(32)18-9-17-12-27-31(23(17)26-11-18)13-16-7-8-19(33-3)10-20(16)34-4/h7-12,14-15,21H,5-6,13H2,1-4H3,(H,28,32). The smallest absolute Gasteiger partial charge is 0.253 e. The van der Waals surface area contributed by atoms with E-state index in [4.69, 9.17) is 14.0 Å². The summed E-state index contributed by atoms with van der Waals surface area (Å²) < 4.78 is 18.0. The largest absolute Gasteiger partial charge is 0.497 e. The third-order valence-electron chi connectivity index (χ3n) is 6.17. The van der Waals surface area contributed by atoms with E-state index in [1.807, 2.05) is 32.0 Å².